The standard InChI is InChI=1S/C10H18N2O/c11-9(12-13)7-10-4-1-8(2-5-10)3-6-10/h8,13H,1-7H2,(H2,11,12). The van der Waals surface area contributed by atoms with Crippen LogP contribution >= 0.6 is 0 Å². The predicted octanol–water partition coefficient (Wildman–Crippen LogP) is 2.09. The van der Waals surface area contributed by atoms with Crippen LogP contribution in [0.15, 0.2) is 5.16 Å². The molecule has 13 heavy (non-hydrogen) atoms. The maximum Gasteiger partial charge on any atom is 0.139 e. The first-order valence-electron chi connectivity index (χ1n) is 5.20. The van der Waals surface area contributed by atoms with Crippen molar-refractivity contribution in [3.8, 4) is 0 Å². The first-order valence-corrected chi connectivity index (χ1v) is 5.20. The van der Waals surface area contributed by atoms with Gasteiger partial charge in [-0.3, -0.25) is 0 Å². The van der Waals surface area contributed by atoms with Crippen LogP contribution in [0.2, 0.25) is 0 Å². The zero-order chi connectivity index (χ0) is 9.31. The fraction of sp³-hybridized carbons (Fsp3) is 0.900. The van der Waals surface area contributed by atoms with Crippen LogP contribution in [-0.2, 0) is 0 Å². The topological polar surface area (TPSA) is 58.6 Å². The molecule has 3 heteroatoms. The van der Waals surface area contributed by atoms with Crippen LogP contribution in [0.5, 0.6) is 0 Å². The van der Waals surface area contributed by atoms with Gasteiger partial charge in [-0.25, -0.2) is 0 Å². The Labute approximate surface area is 79.0 Å². The van der Waals surface area contributed by atoms with Gasteiger partial charge in [0.15, 0.2) is 0 Å². The van der Waals surface area contributed by atoms with E-state index in [1.807, 2.05) is 0 Å². The van der Waals surface area contributed by atoms with Crippen molar-refractivity contribution in [3.05, 3.63) is 0 Å². The van der Waals surface area contributed by atoms with E-state index in [9.17, 15) is 0 Å². The lowest BCUT2D eigenvalue weighted by Crippen LogP contribution is -2.37. The maximum atomic E-state index is 8.55. The van der Waals surface area contributed by atoms with Gasteiger partial charge in [-0.05, 0) is 49.9 Å². The average molecular weight is 182 g/mol. The summed E-state index contributed by atoms with van der Waals surface area (Å²) < 4.78 is 0. The first-order chi connectivity index (χ1) is 6.24. The largest absolute Gasteiger partial charge is 0.409 e. The van der Waals surface area contributed by atoms with Gasteiger partial charge in [0.1, 0.15) is 5.84 Å². The molecule has 0 aromatic heterocycles. The van der Waals surface area contributed by atoms with Crippen molar-refractivity contribution in [2.45, 2.75) is 44.9 Å². The van der Waals surface area contributed by atoms with Crippen LogP contribution in [0.1, 0.15) is 44.9 Å². The second kappa shape index (κ2) is 3.20. The SMILES string of the molecule is N/C(CC12CCC(CC1)CC2)=N\O. The third-order valence-electron chi connectivity index (χ3n) is 3.93. The lowest BCUT2D eigenvalue weighted by molar-refractivity contribution is 0.0710. The smallest absolute Gasteiger partial charge is 0.139 e. The molecule has 0 atom stereocenters. The van der Waals surface area contributed by atoms with Gasteiger partial charge in [0.05, 0.1) is 0 Å². The van der Waals surface area contributed by atoms with E-state index in [-0.39, 0.29) is 0 Å². The van der Waals surface area contributed by atoms with E-state index in [0.717, 1.165) is 12.3 Å². The maximum absolute atomic E-state index is 8.55. The van der Waals surface area contributed by atoms with Crippen molar-refractivity contribution in [1.82, 2.24) is 0 Å². The molecule has 0 radical (unpaired) electrons. The normalized spacial score (nSPS) is 39.4. The lowest BCUT2D eigenvalue weighted by atomic mass is 9.59. The lowest BCUT2D eigenvalue weighted by Gasteiger charge is -2.46. The van der Waals surface area contributed by atoms with Crippen LogP contribution in [0.25, 0.3) is 0 Å². The van der Waals surface area contributed by atoms with Crippen molar-refractivity contribution >= 4 is 5.84 Å². The predicted molar refractivity (Wildman–Crippen MR) is 51.7 cm³/mol. The third kappa shape index (κ3) is 1.64. The zero-order valence-electron chi connectivity index (χ0n) is 8.00. The van der Waals surface area contributed by atoms with Crippen molar-refractivity contribution in [1.29, 1.82) is 0 Å². The highest BCUT2D eigenvalue weighted by atomic mass is 16.4. The van der Waals surface area contributed by atoms with Crippen LogP contribution < -0.4 is 5.73 Å². The molecule has 0 unspecified atom stereocenters. The molecular weight excluding hydrogens is 164 g/mol. The zero-order valence-corrected chi connectivity index (χ0v) is 8.00. The molecule has 3 aliphatic rings. The van der Waals surface area contributed by atoms with Gasteiger partial charge in [-0.15, -0.1) is 0 Å². The highest BCUT2D eigenvalue weighted by molar-refractivity contribution is 5.80. The van der Waals surface area contributed by atoms with Gasteiger partial charge in [-0.1, -0.05) is 5.16 Å². The second-order valence-electron chi connectivity index (χ2n) is 4.75. The molecule has 0 aromatic rings. The number of oxime groups is 1. The van der Waals surface area contributed by atoms with E-state index < -0.39 is 0 Å². The molecule has 0 amide bonds. The minimum atomic E-state index is 0.394. The third-order valence-corrected chi connectivity index (χ3v) is 3.93. The Morgan fingerprint density at radius 3 is 2.31 bits per heavy atom. The Morgan fingerprint density at radius 1 is 1.31 bits per heavy atom. The van der Waals surface area contributed by atoms with E-state index in [2.05, 4.69) is 5.16 Å². The summed E-state index contributed by atoms with van der Waals surface area (Å²) in [6, 6.07) is 0. The molecule has 3 rings (SSSR count). The molecule has 0 aliphatic heterocycles. The van der Waals surface area contributed by atoms with Crippen LogP contribution in [0.4, 0.5) is 0 Å². The summed E-state index contributed by atoms with van der Waals surface area (Å²) in [6.07, 6.45) is 8.74. The van der Waals surface area contributed by atoms with Crippen molar-refractivity contribution < 1.29 is 5.21 Å². The fourth-order valence-electron chi connectivity index (χ4n) is 3.02. The van der Waals surface area contributed by atoms with Crippen LogP contribution in [0.3, 0.4) is 0 Å². The molecule has 0 aromatic carbocycles. The minimum Gasteiger partial charge on any atom is -0.409 e. The first kappa shape index (κ1) is 8.85. The summed E-state index contributed by atoms with van der Waals surface area (Å²) in [5, 5.41) is 11.6. The highest BCUT2D eigenvalue weighted by Crippen LogP contribution is 2.52. The monoisotopic (exact) mass is 182 g/mol. The van der Waals surface area contributed by atoms with E-state index >= 15 is 0 Å². The summed E-state index contributed by atoms with van der Waals surface area (Å²) in [5.41, 5.74) is 5.98. The van der Waals surface area contributed by atoms with Gasteiger partial charge >= 0.3 is 0 Å². The number of rotatable bonds is 2. The van der Waals surface area contributed by atoms with Gasteiger partial charge in [0.2, 0.25) is 0 Å². The Balaban J connectivity index is 2.02. The second-order valence-corrected chi connectivity index (χ2v) is 4.75. The van der Waals surface area contributed by atoms with Gasteiger partial charge in [0, 0.05) is 6.42 Å². The van der Waals surface area contributed by atoms with E-state index in [0.29, 0.717) is 11.3 Å². The summed E-state index contributed by atoms with van der Waals surface area (Å²) >= 11 is 0. The van der Waals surface area contributed by atoms with Crippen LogP contribution in [0, 0.1) is 11.3 Å². The highest BCUT2D eigenvalue weighted by Gasteiger charge is 2.40. The Bertz CT molecular complexity index is 203. The quantitative estimate of drug-likeness (QED) is 0.297. The van der Waals surface area contributed by atoms with Crippen LogP contribution in [-0.4, -0.2) is 11.0 Å². The molecular formula is C10H18N2O. The molecule has 3 saturated carbocycles. The van der Waals surface area contributed by atoms with Crippen molar-refractivity contribution in [2.24, 2.45) is 22.2 Å². The molecule has 0 heterocycles. The average Bonchev–Trinajstić information content (AvgIpc) is 2.20. The number of hydrogen-bond donors (Lipinski definition) is 2. The molecule has 0 spiro atoms. The van der Waals surface area contributed by atoms with E-state index in [4.69, 9.17) is 10.9 Å². The van der Waals surface area contributed by atoms with Gasteiger partial charge < -0.3 is 10.9 Å². The summed E-state index contributed by atoms with van der Waals surface area (Å²) in [4.78, 5) is 0. The minimum absolute atomic E-state index is 0.394. The molecule has 3 nitrogen and oxygen atoms in total. The molecule has 3 N–H and O–H groups in total. The number of amidine groups is 1. The fourth-order valence-corrected chi connectivity index (χ4v) is 3.02. The Kier molecular flexibility index (Phi) is 2.18. The Morgan fingerprint density at radius 2 is 1.85 bits per heavy atom. The molecule has 74 valence electrons. The van der Waals surface area contributed by atoms with Gasteiger partial charge in [-0.2, -0.15) is 0 Å². The summed E-state index contributed by atoms with van der Waals surface area (Å²) in [6.45, 7) is 0. The van der Waals surface area contributed by atoms with E-state index in [1.165, 1.54) is 38.5 Å². The summed E-state index contributed by atoms with van der Waals surface area (Å²) in [5.74, 6) is 1.40. The Hall–Kier alpha value is -0.730. The van der Waals surface area contributed by atoms with Crippen molar-refractivity contribution in [3.63, 3.8) is 0 Å². The number of nitrogens with two attached hydrogens (primary N) is 1. The molecule has 2 bridgehead atoms. The van der Waals surface area contributed by atoms with Gasteiger partial charge in [0.25, 0.3) is 0 Å². The molecule has 0 saturated heterocycles. The molecule has 3 fully saturated rings. The van der Waals surface area contributed by atoms with E-state index in [1.54, 1.807) is 0 Å². The number of nitrogens with zero attached hydrogens (tertiary/aromatic N) is 1. The van der Waals surface area contributed by atoms with Crippen molar-refractivity contribution in [2.75, 3.05) is 0 Å². The number of fused-ring (bicyclic) bond motifs is 3. The molecule has 3 aliphatic carbocycles. The number of hydrogen-bond acceptors (Lipinski definition) is 2. The summed E-state index contributed by atoms with van der Waals surface area (Å²) in [7, 11) is 0.